The van der Waals surface area contributed by atoms with Gasteiger partial charge in [-0.1, -0.05) is 48.5 Å². The summed E-state index contributed by atoms with van der Waals surface area (Å²) < 4.78 is 14.2. The first kappa shape index (κ1) is 14.2. The van der Waals surface area contributed by atoms with Gasteiger partial charge in [0.1, 0.15) is 5.82 Å². The number of nitrogens with zero attached hydrogens (tertiary/aromatic N) is 1. The van der Waals surface area contributed by atoms with E-state index in [9.17, 15) is 4.39 Å². The molecule has 2 nitrogen and oxygen atoms in total. The molecule has 2 aromatic rings. The minimum absolute atomic E-state index is 0.136. The van der Waals surface area contributed by atoms with Gasteiger partial charge < -0.3 is 5.73 Å². The molecule has 1 aliphatic heterocycles. The standard InChI is InChI=1S/C18H21FN2/c19-18-15(11-20)7-4-8-17(18)13-21-10-9-16(12-21)14-5-2-1-3-6-14/h1-8,16H,9-13,20H2. The topological polar surface area (TPSA) is 29.3 Å². The van der Waals surface area contributed by atoms with Crippen molar-refractivity contribution >= 4 is 0 Å². The van der Waals surface area contributed by atoms with Crippen molar-refractivity contribution in [2.24, 2.45) is 5.73 Å². The van der Waals surface area contributed by atoms with E-state index in [-0.39, 0.29) is 12.4 Å². The van der Waals surface area contributed by atoms with Crippen molar-refractivity contribution in [1.82, 2.24) is 4.90 Å². The first-order valence-corrected chi connectivity index (χ1v) is 7.51. The quantitative estimate of drug-likeness (QED) is 0.933. The fourth-order valence-corrected chi connectivity index (χ4v) is 3.13. The average Bonchev–Trinajstić information content (AvgIpc) is 2.99. The van der Waals surface area contributed by atoms with Gasteiger partial charge in [-0.2, -0.15) is 0 Å². The number of rotatable bonds is 4. The van der Waals surface area contributed by atoms with Gasteiger partial charge in [0.25, 0.3) is 0 Å². The second-order valence-corrected chi connectivity index (χ2v) is 5.73. The van der Waals surface area contributed by atoms with Crippen LogP contribution in [-0.4, -0.2) is 18.0 Å². The van der Waals surface area contributed by atoms with Gasteiger partial charge in [0, 0.05) is 30.8 Å². The number of nitrogens with two attached hydrogens (primary N) is 1. The van der Waals surface area contributed by atoms with E-state index in [2.05, 4.69) is 29.2 Å². The summed E-state index contributed by atoms with van der Waals surface area (Å²) >= 11 is 0. The summed E-state index contributed by atoms with van der Waals surface area (Å²) in [5, 5.41) is 0. The van der Waals surface area contributed by atoms with Gasteiger partial charge in [-0.05, 0) is 24.4 Å². The highest BCUT2D eigenvalue weighted by molar-refractivity contribution is 5.26. The highest BCUT2D eigenvalue weighted by Gasteiger charge is 2.24. The van der Waals surface area contributed by atoms with Crippen LogP contribution in [0.2, 0.25) is 0 Å². The molecule has 0 aromatic heterocycles. The van der Waals surface area contributed by atoms with Gasteiger partial charge in [0.05, 0.1) is 0 Å². The van der Waals surface area contributed by atoms with Crippen molar-refractivity contribution in [3.63, 3.8) is 0 Å². The summed E-state index contributed by atoms with van der Waals surface area (Å²) in [5.41, 5.74) is 8.32. The summed E-state index contributed by atoms with van der Waals surface area (Å²) in [4.78, 5) is 2.33. The molecule has 0 amide bonds. The number of likely N-dealkylation sites (tertiary alicyclic amines) is 1. The molecule has 1 fully saturated rings. The zero-order chi connectivity index (χ0) is 14.7. The minimum Gasteiger partial charge on any atom is -0.326 e. The van der Waals surface area contributed by atoms with Gasteiger partial charge in [-0.3, -0.25) is 4.90 Å². The fraction of sp³-hybridized carbons (Fsp3) is 0.333. The molecule has 1 heterocycles. The highest BCUT2D eigenvalue weighted by atomic mass is 19.1. The Morgan fingerprint density at radius 1 is 1.05 bits per heavy atom. The van der Waals surface area contributed by atoms with Crippen LogP contribution in [0.15, 0.2) is 48.5 Å². The summed E-state index contributed by atoms with van der Waals surface area (Å²) in [6.07, 6.45) is 1.14. The molecule has 1 saturated heterocycles. The van der Waals surface area contributed by atoms with E-state index >= 15 is 0 Å². The Labute approximate surface area is 125 Å². The predicted octanol–water partition coefficient (Wildman–Crippen LogP) is 3.27. The van der Waals surface area contributed by atoms with E-state index in [0.29, 0.717) is 18.0 Å². The number of halogens is 1. The Hall–Kier alpha value is -1.71. The molecule has 0 saturated carbocycles. The van der Waals surface area contributed by atoms with E-state index in [1.165, 1.54) is 5.56 Å². The molecular weight excluding hydrogens is 263 g/mol. The third-order valence-electron chi connectivity index (χ3n) is 4.32. The van der Waals surface area contributed by atoms with Crippen molar-refractivity contribution in [3.05, 3.63) is 71.0 Å². The minimum atomic E-state index is -0.136. The molecule has 21 heavy (non-hydrogen) atoms. The SMILES string of the molecule is NCc1cccc(CN2CCC(c3ccccc3)C2)c1F. The molecule has 1 unspecified atom stereocenters. The second-order valence-electron chi connectivity index (χ2n) is 5.73. The molecule has 2 aromatic carbocycles. The number of benzene rings is 2. The zero-order valence-electron chi connectivity index (χ0n) is 12.1. The first-order valence-electron chi connectivity index (χ1n) is 7.51. The molecule has 1 aliphatic rings. The van der Waals surface area contributed by atoms with E-state index in [0.717, 1.165) is 25.1 Å². The third-order valence-corrected chi connectivity index (χ3v) is 4.32. The average molecular weight is 284 g/mol. The summed E-state index contributed by atoms with van der Waals surface area (Å²) in [6, 6.07) is 16.1. The van der Waals surface area contributed by atoms with Crippen LogP contribution in [-0.2, 0) is 13.1 Å². The maximum atomic E-state index is 14.2. The third kappa shape index (κ3) is 3.14. The lowest BCUT2D eigenvalue weighted by molar-refractivity contribution is 0.320. The van der Waals surface area contributed by atoms with E-state index < -0.39 is 0 Å². The maximum Gasteiger partial charge on any atom is 0.132 e. The van der Waals surface area contributed by atoms with E-state index in [1.807, 2.05) is 18.2 Å². The lowest BCUT2D eigenvalue weighted by atomic mass is 9.99. The molecule has 1 atom stereocenters. The molecule has 0 spiro atoms. The van der Waals surface area contributed by atoms with E-state index in [1.54, 1.807) is 6.07 Å². The largest absolute Gasteiger partial charge is 0.326 e. The lowest BCUT2D eigenvalue weighted by Crippen LogP contribution is -2.21. The van der Waals surface area contributed by atoms with Gasteiger partial charge in [-0.15, -0.1) is 0 Å². The lowest BCUT2D eigenvalue weighted by Gasteiger charge is -2.17. The molecule has 110 valence electrons. The van der Waals surface area contributed by atoms with Gasteiger partial charge >= 0.3 is 0 Å². The van der Waals surface area contributed by atoms with Gasteiger partial charge in [0.2, 0.25) is 0 Å². The molecule has 0 bridgehead atoms. The first-order chi connectivity index (χ1) is 10.3. The van der Waals surface area contributed by atoms with Crippen LogP contribution in [0, 0.1) is 5.82 Å². The number of hydrogen-bond acceptors (Lipinski definition) is 2. The molecule has 2 N–H and O–H groups in total. The van der Waals surface area contributed by atoms with Crippen molar-refractivity contribution in [2.45, 2.75) is 25.4 Å². The number of hydrogen-bond donors (Lipinski definition) is 1. The second kappa shape index (κ2) is 6.37. The van der Waals surface area contributed by atoms with Crippen LogP contribution in [0.5, 0.6) is 0 Å². The molecule has 3 heteroatoms. The zero-order valence-corrected chi connectivity index (χ0v) is 12.1. The van der Waals surface area contributed by atoms with E-state index in [4.69, 9.17) is 5.73 Å². The smallest absolute Gasteiger partial charge is 0.132 e. The predicted molar refractivity (Wildman–Crippen MR) is 83.4 cm³/mol. The Kier molecular flexibility index (Phi) is 4.32. The van der Waals surface area contributed by atoms with Gasteiger partial charge in [0.15, 0.2) is 0 Å². The monoisotopic (exact) mass is 284 g/mol. The van der Waals surface area contributed by atoms with Crippen LogP contribution >= 0.6 is 0 Å². The van der Waals surface area contributed by atoms with Crippen molar-refractivity contribution in [1.29, 1.82) is 0 Å². The van der Waals surface area contributed by atoms with Crippen LogP contribution in [0.3, 0.4) is 0 Å². The van der Waals surface area contributed by atoms with Crippen LogP contribution < -0.4 is 5.73 Å². The molecule has 3 rings (SSSR count). The summed E-state index contributed by atoms with van der Waals surface area (Å²) in [7, 11) is 0. The molecular formula is C18H21FN2. The van der Waals surface area contributed by atoms with Crippen molar-refractivity contribution in [3.8, 4) is 0 Å². The normalized spacial score (nSPS) is 19.0. The van der Waals surface area contributed by atoms with Gasteiger partial charge in [-0.25, -0.2) is 4.39 Å². The van der Waals surface area contributed by atoms with Crippen molar-refractivity contribution < 1.29 is 4.39 Å². The summed E-state index contributed by atoms with van der Waals surface area (Å²) in [5.74, 6) is 0.426. The Morgan fingerprint density at radius 2 is 1.81 bits per heavy atom. The van der Waals surface area contributed by atoms with Crippen molar-refractivity contribution in [2.75, 3.05) is 13.1 Å². The van der Waals surface area contributed by atoms with Crippen LogP contribution in [0.25, 0.3) is 0 Å². The Bertz CT molecular complexity index is 597. The van der Waals surface area contributed by atoms with Crippen LogP contribution in [0.1, 0.15) is 29.0 Å². The highest BCUT2D eigenvalue weighted by Crippen LogP contribution is 2.28. The summed E-state index contributed by atoms with van der Waals surface area (Å²) in [6.45, 7) is 2.94. The molecule has 0 aliphatic carbocycles. The molecule has 0 radical (unpaired) electrons. The Morgan fingerprint density at radius 3 is 2.57 bits per heavy atom. The fourth-order valence-electron chi connectivity index (χ4n) is 3.13. The van der Waals surface area contributed by atoms with Crippen LogP contribution in [0.4, 0.5) is 4.39 Å². The maximum absolute atomic E-state index is 14.2. The Balaban J connectivity index is 1.68.